The van der Waals surface area contributed by atoms with E-state index in [1.807, 2.05) is 4.90 Å². The molecule has 170 valence electrons. The molecule has 1 fully saturated rings. The van der Waals surface area contributed by atoms with Crippen LogP contribution < -0.4 is 10.2 Å². The van der Waals surface area contributed by atoms with Gasteiger partial charge >= 0.3 is 0 Å². The molecule has 30 heavy (non-hydrogen) atoms. The van der Waals surface area contributed by atoms with Crippen molar-refractivity contribution in [2.75, 3.05) is 62.2 Å². The van der Waals surface area contributed by atoms with Gasteiger partial charge in [-0.1, -0.05) is 13.7 Å². The molecule has 0 unspecified atom stereocenters. The van der Waals surface area contributed by atoms with Crippen molar-refractivity contribution in [3.8, 4) is 0 Å². The van der Waals surface area contributed by atoms with Crippen molar-refractivity contribution in [2.24, 2.45) is 5.89 Å². The maximum atomic E-state index is 14.7. The number of carbonyl (C=O) groups is 1. The molecule has 1 heterocycles. The molecule has 2 rings (SSSR count). The number of hydrogen-bond acceptors (Lipinski definition) is 5. The van der Waals surface area contributed by atoms with Crippen molar-refractivity contribution in [3.63, 3.8) is 0 Å². The minimum absolute atomic E-state index is 0.127. The van der Waals surface area contributed by atoms with Gasteiger partial charge in [-0.15, -0.1) is 0 Å². The first-order valence-electron chi connectivity index (χ1n) is 17.1. The zero-order chi connectivity index (χ0) is 36.0. The van der Waals surface area contributed by atoms with Gasteiger partial charge in [0.2, 0.25) is 15.9 Å². The second-order valence-electron chi connectivity index (χ2n) is 6.61. The maximum absolute atomic E-state index is 14.7. The number of nitrogens with one attached hydrogen (secondary N) is 1. The van der Waals surface area contributed by atoms with Crippen molar-refractivity contribution in [3.05, 3.63) is 23.9 Å². The van der Waals surface area contributed by atoms with Gasteiger partial charge in [0.25, 0.3) is 0 Å². The summed E-state index contributed by atoms with van der Waals surface area (Å²) in [5.74, 6) is -6.41. The topological polar surface area (TPSA) is 73.0 Å². The van der Waals surface area contributed by atoms with E-state index in [1.165, 1.54) is 4.90 Å². The third-order valence-corrected chi connectivity index (χ3v) is 5.48. The van der Waals surface area contributed by atoms with Crippen LogP contribution in [-0.4, -0.2) is 75.5 Å². The highest BCUT2D eigenvalue weighted by Gasteiger charge is 2.20. The van der Waals surface area contributed by atoms with Gasteiger partial charge in [0.05, 0.1) is 9.82 Å². The average molecular weight is 459 g/mol. The van der Waals surface area contributed by atoms with Crippen LogP contribution in [0.1, 0.15) is 54.0 Å². The van der Waals surface area contributed by atoms with Gasteiger partial charge in [-0.2, -0.15) is 0 Å². The smallest absolute Gasteiger partial charge is 0.221 e. The normalized spacial score (nSPS) is 25.6. The van der Waals surface area contributed by atoms with E-state index >= 15 is 0 Å². The quantitative estimate of drug-likeness (QED) is 0.546. The Balaban J connectivity index is 2.18. The molecule has 0 spiro atoms. The summed E-state index contributed by atoms with van der Waals surface area (Å²) < 4.78 is 165. The summed E-state index contributed by atoms with van der Waals surface area (Å²) in [7, 11) is -5.90. The summed E-state index contributed by atoms with van der Waals surface area (Å²) in [4.78, 5) is 15.0. The lowest BCUT2D eigenvalue weighted by Gasteiger charge is -2.36. The molecule has 1 saturated heterocycles. The zero-order valence-corrected chi connectivity index (χ0v) is 17.3. The maximum Gasteiger partial charge on any atom is 0.221 e. The fourth-order valence-electron chi connectivity index (χ4n) is 2.88. The van der Waals surface area contributed by atoms with Crippen molar-refractivity contribution in [2.45, 2.75) is 33.5 Å². The summed E-state index contributed by atoms with van der Waals surface area (Å²) in [6.45, 7) is -10.4. The third kappa shape index (κ3) is 7.85. The highest BCUT2D eigenvalue weighted by Crippen LogP contribution is 2.23. The van der Waals surface area contributed by atoms with Crippen molar-refractivity contribution < 1.29 is 39.6 Å². The van der Waals surface area contributed by atoms with Crippen molar-refractivity contribution in [1.29, 1.82) is 0 Å². The fourth-order valence-corrected chi connectivity index (χ4v) is 3.61. The average Bonchev–Trinajstić information content (AvgIpc) is 2.89. The summed E-state index contributed by atoms with van der Waals surface area (Å²) in [5.41, 5.74) is -5.21. The van der Waals surface area contributed by atoms with E-state index in [-0.39, 0.29) is 60.9 Å². The third-order valence-electron chi connectivity index (χ3n) is 4.26. The molecule has 1 aliphatic rings. The lowest BCUT2D eigenvalue weighted by molar-refractivity contribution is -0.114. The number of amides is 1. The Bertz CT molecular complexity index is 1380. The molecule has 1 N–H and O–H groups in total. The number of carbonyl (C=O) groups excluding carboxylic acids is 1. The van der Waals surface area contributed by atoms with Crippen molar-refractivity contribution in [1.82, 2.24) is 9.21 Å². The number of hydrogen-bond donors (Lipinski definition) is 1. The predicted molar refractivity (Wildman–Crippen MR) is 120 cm³/mol. The monoisotopic (exact) mass is 458 g/mol. The fraction of sp³-hybridized carbons (Fsp3) is 0.667. The molecule has 7 nitrogen and oxygen atoms in total. The standard InChI is InChI=1S/C21H35FN4O3S/c1-17(2)16-30(28,29)24(4)7-5-6-8-25-9-11-26(12-10-25)21-14-19(22)13-20(15-21)23-18(3)27/h13-15,17H,5-12,16H2,1-4H3,(H,23,27)/i1D3,2D3,4D3,13D,14D,15D,16D2,17D/hD. The van der Waals surface area contributed by atoms with Crippen LogP contribution >= 0.6 is 0 Å². The molecule has 0 atom stereocenters. The first-order valence-corrected chi connectivity index (χ1v) is 10.6. The Morgan fingerprint density at radius 2 is 2.10 bits per heavy atom. The number of piperazine rings is 1. The Morgan fingerprint density at radius 3 is 2.73 bits per heavy atom. The van der Waals surface area contributed by atoms with Gasteiger partial charge in [-0.05, 0) is 43.4 Å². The highest BCUT2D eigenvalue weighted by atomic mass is 32.2. The van der Waals surface area contributed by atoms with Crippen LogP contribution in [0.2, 0.25) is 1.41 Å². The van der Waals surface area contributed by atoms with Crippen LogP contribution in [0.3, 0.4) is 0 Å². The van der Waals surface area contributed by atoms with Crippen LogP contribution in [0, 0.1) is 11.7 Å². The van der Waals surface area contributed by atoms with Crippen molar-refractivity contribution >= 4 is 27.3 Å². The molecule has 0 saturated carbocycles. The van der Waals surface area contributed by atoms with Gasteiger partial charge in [-0.3, -0.25) is 9.69 Å². The molecule has 0 bridgehead atoms. The molecular weight excluding hydrogens is 407 g/mol. The van der Waals surface area contributed by atoms with E-state index in [2.05, 4.69) is 0 Å². The largest absolute Gasteiger partial charge is 0.369 e. The molecule has 0 aliphatic carbocycles. The number of anilines is 2. The number of sulfonamides is 1. The van der Waals surface area contributed by atoms with E-state index in [0.717, 1.165) is 6.92 Å². The van der Waals surface area contributed by atoms with Crippen LogP contribution in [-0.2, 0) is 14.8 Å². The Morgan fingerprint density at radius 1 is 1.37 bits per heavy atom. The van der Waals surface area contributed by atoms with Gasteiger partial charge in [-0.25, -0.2) is 17.1 Å². The molecule has 1 aromatic carbocycles. The van der Waals surface area contributed by atoms with Crippen LogP contribution in [0.25, 0.3) is 0 Å². The Hall–Kier alpha value is -1.71. The lowest BCUT2D eigenvalue weighted by atomic mass is 10.2. The number of rotatable bonds is 10. The van der Waals surface area contributed by atoms with E-state index in [1.54, 1.807) is 0 Å². The lowest BCUT2D eigenvalue weighted by Crippen LogP contribution is -2.46. The molecule has 0 aromatic heterocycles. The molecule has 1 aliphatic heterocycles. The predicted octanol–water partition coefficient (Wildman–Crippen LogP) is 2.60. The van der Waals surface area contributed by atoms with E-state index < -0.39 is 84.4 Å². The molecular formula is C21H35FN4O3S. The number of nitrogens with zero attached hydrogens (tertiary/aromatic N) is 3. The summed E-state index contributed by atoms with van der Waals surface area (Å²) in [5, 5.41) is 0.206. The van der Waals surface area contributed by atoms with E-state index in [9.17, 15) is 17.6 Å². The molecule has 1 aromatic rings. The minimum atomic E-state index is -5.90. The van der Waals surface area contributed by atoms with Crippen LogP contribution in [0.5, 0.6) is 0 Å². The number of halogens is 1. The summed E-state index contributed by atoms with van der Waals surface area (Å²) >= 11 is 0. The molecule has 0 radical (unpaired) electrons. The first kappa shape index (κ1) is 10.3. The highest BCUT2D eigenvalue weighted by molar-refractivity contribution is 7.89. The van der Waals surface area contributed by atoms with Gasteiger partial charge in [0, 0.05) is 74.4 Å². The van der Waals surface area contributed by atoms with Crippen LogP contribution in [0.4, 0.5) is 15.8 Å². The zero-order valence-electron chi connectivity index (χ0n) is 32.5. The first-order chi connectivity index (χ1) is 20.6. The second kappa shape index (κ2) is 11.1. The SMILES string of the molecule is [2H]c1c(F)c([2H])c(N([2H])C(C)=O)c([2H])c1N1CCN(CCCCN(C([2H])([2H])[2H])S(=O)(=O)C([2H])([2H])C([2H])(C([2H])([2H])[2H])C([2H])([2H])[2H])CC1. The molecule has 1 amide bonds. The Kier molecular flexibility index (Phi) is 3.79. The van der Waals surface area contributed by atoms with Crippen LogP contribution in [0.15, 0.2) is 18.1 Å². The Labute approximate surface area is 202 Å². The van der Waals surface area contributed by atoms with Gasteiger partial charge in [0.15, 0.2) is 1.41 Å². The second-order valence-corrected chi connectivity index (χ2v) is 8.20. The number of benzene rings is 1. The van der Waals surface area contributed by atoms with E-state index in [4.69, 9.17) is 22.0 Å². The van der Waals surface area contributed by atoms with E-state index in [0.29, 0.717) is 0 Å². The summed E-state index contributed by atoms with van der Waals surface area (Å²) in [6, 6.07) is -2.23. The van der Waals surface area contributed by atoms with Gasteiger partial charge in [0.1, 0.15) is 5.82 Å². The summed E-state index contributed by atoms with van der Waals surface area (Å²) in [6.07, 6.45) is -0.0696. The minimum Gasteiger partial charge on any atom is -0.369 e. The molecule has 9 heteroatoms. The number of unbranched alkanes of at least 4 members (excludes halogenated alkanes) is 1. The van der Waals surface area contributed by atoms with Gasteiger partial charge < -0.3 is 10.2 Å².